The van der Waals surface area contributed by atoms with Crippen LogP contribution in [0.25, 0.3) is 0 Å². The molecule has 0 atom stereocenters. The number of rotatable bonds is 4. The number of amides is 2. The first-order valence-corrected chi connectivity index (χ1v) is 12.0. The third-order valence-corrected chi connectivity index (χ3v) is 7.36. The molecule has 0 spiro atoms. The minimum Gasteiger partial charge on any atom is -0.508 e. The van der Waals surface area contributed by atoms with Crippen LogP contribution in [0.15, 0.2) is 41.8 Å². The zero-order valence-corrected chi connectivity index (χ0v) is 20.0. The summed E-state index contributed by atoms with van der Waals surface area (Å²) in [7, 11) is 0. The van der Waals surface area contributed by atoms with E-state index in [0.29, 0.717) is 37.2 Å². The fraction of sp³-hybridized carbons (Fsp3) is 0.320. The van der Waals surface area contributed by atoms with Gasteiger partial charge in [-0.2, -0.15) is 13.2 Å². The molecule has 1 saturated heterocycles. The van der Waals surface area contributed by atoms with Crippen LogP contribution >= 0.6 is 11.3 Å². The lowest BCUT2D eigenvalue weighted by atomic mass is 9.96. The molecule has 2 heterocycles. The largest absolute Gasteiger partial charge is 0.508 e. The number of piperidine rings is 1. The van der Waals surface area contributed by atoms with Crippen molar-refractivity contribution in [2.24, 2.45) is 0 Å². The first-order valence-electron chi connectivity index (χ1n) is 11.1. The maximum atomic E-state index is 13.3. The molecule has 2 aromatic carbocycles. The molecule has 3 aromatic rings. The van der Waals surface area contributed by atoms with Gasteiger partial charge in [0.05, 0.1) is 16.1 Å². The Bertz CT molecular complexity index is 1260. The summed E-state index contributed by atoms with van der Waals surface area (Å²) in [6.07, 6.45) is -3.50. The number of hydrogen-bond acceptors (Lipinski definition) is 5. The SMILES string of the molecule is Cc1c(O)ccc(NC(=O)c2csc(C3CCN(C(=O)c4ccccc4C(F)(F)F)CC3)n2)c1C. The van der Waals surface area contributed by atoms with Crippen LogP contribution in [-0.4, -0.2) is 39.9 Å². The van der Waals surface area contributed by atoms with Crippen molar-refractivity contribution in [1.29, 1.82) is 0 Å². The Balaban J connectivity index is 1.40. The number of carbonyl (C=O) groups is 2. The van der Waals surface area contributed by atoms with Crippen molar-refractivity contribution in [3.8, 4) is 5.75 Å². The number of hydrogen-bond donors (Lipinski definition) is 2. The van der Waals surface area contributed by atoms with Gasteiger partial charge in [0.15, 0.2) is 0 Å². The van der Waals surface area contributed by atoms with E-state index in [-0.39, 0.29) is 28.8 Å². The number of nitrogens with one attached hydrogen (secondary N) is 1. The van der Waals surface area contributed by atoms with Gasteiger partial charge in [0.2, 0.25) is 0 Å². The monoisotopic (exact) mass is 503 g/mol. The number of carbonyl (C=O) groups excluding carboxylic acids is 2. The molecule has 6 nitrogen and oxygen atoms in total. The normalized spacial score (nSPS) is 14.7. The number of nitrogens with zero attached hydrogens (tertiary/aromatic N) is 2. The van der Waals surface area contributed by atoms with E-state index < -0.39 is 17.6 Å². The molecule has 10 heteroatoms. The van der Waals surface area contributed by atoms with Crippen LogP contribution in [0.5, 0.6) is 5.75 Å². The van der Waals surface area contributed by atoms with E-state index in [2.05, 4.69) is 10.3 Å². The summed E-state index contributed by atoms with van der Waals surface area (Å²) >= 11 is 1.35. The molecule has 2 N–H and O–H groups in total. The van der Waals surface area contributed by atoms with Crippen molar-refractivity contribution in [1.82, 2.24) is 9.88 Å². The third kappa shape index (κ3) is 5.17. The molecule has 1 aromatic heterocycles. The zero-order valence-electron chi connectivity index (χ0n) is 19.1. The average Bonchev–Trinajstić information content (AvgIpc) is 3.34. The smallest absolute Gasteiger partial charge is 0.417 e. The number of halogens is 3. The molecule has 184 valence electrons. The second-order valence-corrected chi connectivity index (χ2v) is 9.41. The average molecular weight is 504 g/mol. The minimum absolute atomic E-state index is 0.0149. The summed E-state index contributed by atoms with van der Waals surface area (Å²) in [6.45, 7) is 4.19. The van der Waals surface area contributed by atoms with Gasteiger partial charge in [0, 0.05) is 30.1 Å². The van der Waals surface area contributed by atoms with Crippen molar-refractivity contribution in [2.75, 3.05) is 18.4 Å². The standard InChI is InChI=1S/C25H24F3N3O3S/c1-14-15(2)21(32)8-7-19(14)29-22(33)20-13-35-23(30-20)16-9-11-31(12-10-16)24(34)17-5-3-4-6-18(17)25(26,27)28/h3-8,13,16,32H,9-12H2,1-2H3,(H,29,33). The Morgan fingerprint density at radius 2 is 1.77 bits per heavy atom. The fourth-order valence-corrected chi connectivity index (χ4v) is 5.10. The van der Waals surface area contributed by atoms with Gasteiger partial charge < -0.3 is 15.3 Å². The van der Waals surface area contributed by atoms with E-state index in [1.807, 2.05) is 0 Å². The summed E-state index contributed by atoms with van der Waals surface area (Å²) in [5, 5.41) is 15.0. The van der Waals surface area contributed by atoms with E-state index in [0.717, 1.165) is 16.6 Å². The van der Waals surface area contributed by atoms with E-state index in [4.69, 9.17) is 0 Å². The Kier molecular flexibility index (Phi) is 6.84. The van der Waals surface area contributed by atoms with Crippen molar-refractivity contribution < 1.29 is 27.9 Å². The zero-order chi connectivity index (χ0) is 25.3. The Morgan fingerprint density at radius 1 is 1.09 bits per heavy atom. The number of anilines is 1. The topological polar surface area (TPSA) is 82.5 Å². The molecule has 0 aliphatic carbocycles. The fourth-order valence-electron chi connectivity index (χ4n) is 4.12. The molecule has 35 heavy (non-hydrogen) atoms. The van der Waals surface area contributed by atoms with Crippen LogP contribution in [0.1, 0.15) is 61.3 Å². The molecule has 0 unspecified atom stereocenters. The molecule has 4 rings (SSSR count). The third-order valence-electron chi connectivity index (χ3n) is 6.36. The summed E-state index contributed by atoms with van der Waals surface area (Å²) < 4.78 is 39.9. The van der Waals surface area contributed by atoms with Gasteiger partial charge in [-0.25, -0.2) is 4.98 Å². The molecule has 1 aliphatic heterocycles. The van der Waals surface area contributed by atoms with Crippen LogP contribution in [0, 0.1) is 13.8 Å². The summed E-state index contributed by atoms with van der Waals surface area (Å²) in [6, 6.07) is 7.98. The maximum absolute atomic E-state index is 13.3. The van der Waals surface area contributed by atoms with Gasteiger partial charge in [-0.1, -0.05) is 12.1 Å². The molecule has 0 bridgehead atoms. The van der Waals surface area contributed by atoms with Crippen LogP contribution < -0.4 is 5.32 Å². The minimum atomic E-state index is -4.60. The number of likely N-dealkylation sites (tertiary alicyclic amines) is 1. The van der Waals surface area contributed by atoms with E-state index in [9.17, 15) is 27.9 Å². The van der Waals surface area contributed by atoms with Crippen LogP contribution in [0.4, 0.5) is 18.9 Å². The summed E-state index contributed by atoms with van der Waals surface area (Å²) in [5.41, 5.74) is 1.03. The molecule has 1 fully saturated rings. The van der Waals surface area contributed by atoms with Crippen molar-refractivity contribution in [3.05, 3.63) is 74.7 Å². The number of thiazole rings is 1. The predicted molar refractivity (Wildman–Crippen MR) is 127 cm³/mol. The Hall–Kier alpha value is -3.40. The molecule has 0 radical (unpaired) electrons. The number of alkyl halides is 3. The van der Waals surface area contributed by atoms with Gasteiger partial charge in [0.1, 0.15) is 11.4 Å². The van der Waals surface area contributed by atoms with Gasteiger partial charge in [-0.3, -0.25) is 9.59 Å². The molecule has 0 saturated carbocycles. The maximum Gasteiger partial charge on any atom is 0.417 e. The van der Waals surface area contributed by atoms with E-state index >= 15 is 0 Å². The second-order valence-electron chi connectivity index (χ2n) is 8.52. The number of aromatic hydroxyl groups is 1. The van der Waals surface area contributed by atoms with Crippen molar-refractivity contribution in [3.63, 3.8) is 0 Å². The number of phenols is 1. The lowest BCUT2D eigenvalue weighted by Gasteiger charge is -2.31. The van der Waals surface area contributed by atoms with Gasteiger partial charge in [-0.15, -0.1) is 11.3 Å². The number of benzene rings is 2. The first kappa shape index (κ1) is 24.7. The highest BCUT2D eigenvalue weighted by molar-refractivity contribution is 7.10. The first-order chi connectivity index (χ1) is 16.6. The summed E-state index contributed by atoms with van der Waals surface area (Å²) in [5.74, 6) is -0.823. The van der Waals surface area contributed by atoms with Crippen LogP contribution in [-0.2, 0) is 6.18 Å². The lowest BCUT2D eigenvalue weighted by Crippen LogP contribution is -2.38. The quantitative estimate of drug-likeness (QED) is 0.444. The molecular weight excluding hydrogens is 479 g/mol. The molecule has 1 aliphatic rings. The van der Waals surface area contributed by atoms with Crippen LogP contribution in [0.2, 0.25) is 0 Å². The predicted octanol–water partition coefficient (Wildman–Crippen LogP) is 5.76. The molecular formula is C25H24F3N3O3S. The van der Waals surface area contributed by atoms with Gasteiger partial charge >= 0.3 is 6.18 Å². The highest BCUT2D eigenvalue weighted by Gasteiger charge is 2.36. The van der Waals surface area contributed by atoms with Crippen LogP contribution in [0.3, 0.4) is 0 Å². The van der Waals surface area contributed by atoms with Crippen molar-refractivity contribution >= 4 is 28.8 Å². The Labute approximate surface area is 204 Å². The Morgan fingerprint density at radius 3 is 2.46 bits per heavy atom. The second kappa shape index (κ2) is 9.69. The summed E-state index contributed by atoms with van der Waals surface area (Å²) in [4.78, 5) is 31.4. The van der Waals surface area contributed by atoms with Gasteiger partial charge in [0.25, 0.3) is 11.8 Å². The van der Waals surface area contributed by atoms with Gasteiger partial charge in [-0.05, 0) is 62.1 Å². The number of phenolic OH excluding ortho intramolecular Hbond substituents is 1. The molecule has 2 amide bonds. The van der Waals surface area contributed by atoms with E-state index in [1.54, 1.807) is 25.3 Å². The van der Waals surface area contributed by atoms with Crippen molar-refractivity contribution in [2.45, 2.75) is 38.8 Å². The highest BCUT2D eigenvalue weighted by atomic mass is 32.1. The lowest BCUT2D eigenvalue weighted by molar-refractivity contribution is -0.138. The highest BCUT2D eigenvalue weighted by Crippen LogP contribution is 2.35. The number of aromatic nitrogens is 1. The van der Waals surface area contributed by atoms with E-state index in [1.165, 1.54) is 40.5 Å².